The van der Waals surface area contributed by atoms with Gasteiger partial charge in [0.15, 0.2) is 0 Å². The van der Waals surface area contributed by atoms with E-state index in [1.807, 2.05) is 18.2 Å². The fourth-order valence-corrected chi connectivity index (χ4v) is 5.65. The van der Waals surface area contributed by atoms with Gasteiger partial charge in [-0.25, -0.2) is 4.39 Å². The third kappa shape index (κ3) is 6.16. The molecule has 1 aliphatic heterocycles. The monoisotopic (exact) mass is 502 g/mol. The van der Waals surface area contributed by atoms with Crippen LogP contribution < -0.4 is 15.8 Å². The lowest BCUT2D eigenvalue weighted by molar-refractivity contribution is 0.228. The Morgan fingerprint density at radius 1 is 1.18 bits per heavy atom. The molecule has 6 heteroatoms. The molecular weight excluding hydrogens is 470 g/mol. The Hall–Kier alpha value is -2.01. The molecule has 2 aromatic carbocycles. The zero-order valence-corrected chi connectivity index (χ0v) is 21.1. The summed E-state index contributed by atoms with van der Waals surface area (Å²) in [4.78, 5) is 0. The summed E-state index contributed by atoms with van der Waals surface area (Å²) in [5, 5.41) is 3.83. The standard InChI is InChI=1S/C28H33Cl2FN2O/c1-18(27-23(29)9-10-24(31)28(27)30)34-26-16-22(8-11-25(26)32)21-7-5-3-2-4-6-19(15-21)14-20-12-13-33-17-20/h5,7-11,15-16,18-20,33H,2-4,6,12-14,17,32H2,1H3/b7-5-,21-15+. The van der Waals surface area contributed by atoms with Crippen LogP contribution in [0.3, 0.4) is 0 Å². The molecule has 0 saturated carbocycles. The van der Waals surface area contributed by atoms with Gasteiger partial charge in [0.1, 0.15) is 17.7 Å². The van der Waals surface area contributed by atoms with Crippen molar-refractivity contribution < 1.29 is 9.13 Å². The maximum Gasteiger partial charge on any atom is 0.143 e. The van der Waals surface area contributed by atoms with Crippen LogP contribution in [0.2, 0.25) is 10.0 Å². The largest absolute Gasteiger partial charge is 0.484 e. The predicted molar refractivity (Wildman–Crippen MR) is 141 cm³/mol. The van der Waals surface area contributed by atoms with E-state index in [1.54, 1.807) is 6.92 Å². The number of allylic oxidation sites excluding steroid dienone is 4. The molecule has 4 rings (SSSR count). The highest BCUT2D eigenvalue weighted by atomic mass is 35.5. The normalized spacial score (nSPS) is 24.4. The van der Waals surface area contributed by atoms with E-state index in [1.165, 1.54) is 49.8 Å². The fraction of sp³-hybridized carbons (Fsp3) is 0.429. The zero-order chi connectivity index (χ0) is 24.1. The van der Waals surface area contributed by atoms with Crippen LogP contribution in [0.4, 0.5) is 10.1 Å². The highest BCUT2D eigenvalue weighted by molar-refractivity contribution is 6.36. The molecule has 1 aliphatic carbocycles. The first-order valence-corrected chi connectivity index (χ1v) is 13.0. The molecule has 0 amide bonds. The van der Waals surface area contributed by atoms with Gasteiger partial charge in [-0.15, -0.1) is 0 Å². The van der Waals surface area contributed by atoms with Crippen LogP contribution in [0.5, 0.6) is 5.75 Å². The van der Waals surface area contributed by atoms with E-state index in [-0.39, 0.29) is 5.02 Å². The molecule has 2 aliphatic rings. The Balaban J connectivity index is 1.61. The molecular formula is C28H33Cl2FN2O. The first kappa shape index (κ1) is 25.1. The van der Waals surface area contributed by atoms with Gasteiger partial charge in [0, 0.05) is 10.6 Å². The smallest absolute Gasteiger partial charge is 0.143 e. The molecule has 3 nitrogen and oxygen atoms in total. The third-order valence-corrected chi connectivity index (χ3v) is 7.56. The molecule has 3 N–H and O–H groups in total. The van der Waals surface area contributed by atoms with Crippen molar-refractivity contribution in [1.82, 2.24) is 5.32 Å². The molecule has 0 spiro atoms. The van der Waals surface area contributed by atoms with Crippen molar-refractivity contribution in [2.45, 2.75) is 51.6 Å². The molecule has 3 unspecified atom stereocenters. The van der Waals surface area contributed by atoms with E-state index in [9.17, 15) is 4.39 Å². The highest BCUT2D eigenvalue weighted by Gasteiger charge is 2.21. The summed E-state index contributed by atoms with van der Waals surface area (Å²) < 4.78 is 20.2. The van der Waals surface area contributed by atoms with E-state index < -0.39 is 11.9 Å². The minimum Gasteiger partial charge on any atom is -0.484 e. The summed E-state index contributed by atoms with van der Waals surface area (Å²) in [5.41, 5.74) is 9.44. The van der Waals surface area contributed by atoms with Crippen molar-refractivity contribution in [1.29, 1.82) is 0 Å². The lowest BCUT2D eigenvalue weighted by Gasteiger charge is -2.20. The van der Waals surface area contributed by atoms with Crippen LogP contribution in [0.25, 0.3) is 5.57 Å². The maximum atomic E-state index is 14.0. The van der Waals surface area contributed by atoms with Gasteiger partial charge >= 0.3 is 0 Å². The number of halogens is 3. The number of anilines is 1. The molecule has 2 aromatic rings. The maximum absolute atomic E-state index is 14.0. The Bertz CT molecular complexity index is 1060. The second-order valence-electron chi connectivity index (χ2n) is 9.43. The average molecular weight is 503 g/mol. The Morgan fingerprint density at radius 2 is 2.03 bits per heavy atom. The van der Waals surface area contributed by atoms with E-state index in [0.29, 0.717) is 27.9 Å². The summed E-state index contributed by atoms with van der Waals surface area (Å²) in [7, 11) is 0. The van der Waals surface area contributed by atoms with Crippen molar-refractivity contribution in [3.8, 4) is 5.75 Å². The number of nitrogen functional groups attached to an aromatic ring is 1. The molecule has 182 valence electrons. The summed E-state index contributed by atoms with van der Waals surface area (Å²) >= 11 is 12.5. The van der Waals surface area contributed by atoms with Gasteiger partial charge in [-0.1, -0.05) is 53.9 Å². The fourth-order valence-electron chi connectivity index (χ4n) is 4.97. The second-order valence-corrected chi connectivity index (χ2v) is 10.2. The van der Waals surface area contributed by atoms with Crippen LogP contribution >= 0.6 is 23.2 Å². The zero-order valence-electron chi connectivity index (χ0n) is 19.6. The van der Waals surface area contributed by atoms with Gasteiger partial charge in [-0.3, -0.25) is 0 Å². The molecule has 1 saturated heterocycles. The van der Waals surface area contributed by atoms with Crippen molar-refractivity contribution in [3.05, 3.63) is 75.5 Å². The van der Waals surface area contributed by atoms with Gasteiger partial charge in [-0.05, 0) is 99.4 Å². The number of rotatable bonds is 6. The Kier molecular flexibility index (Phi) is 8.57. The minimum absolute atomic E-state index is 0.0270. The van der Waals surface area contributed by atoms with Crippen molar-refractivity contribution >= 4 is 34.5 Å². The molecule has 34 heavy (non-hydrogen) atoms. The van der Waals surface area contributed by atoms with Gasteiger partial charge in [0.25, 0.3) is 0 Å². The van der Waals surface area contributed by atoms with Gasteiger partial charge in [0.05, 0.1) is 10.7 Å². The first-order chi connectivity index (χ1) is 16.4. The van der Waals surface area contributed by atoms with Crippen molar-refractivity contribution in [2.24, 2.45) is 11.8 Å². The Labute approximate surface area is 212 Å². The van der Waals surface area contributed by atoms with Gasteiger partial charge in [0.2, 0.25) is 0 Å². The van der Waals surface area contributed by atoms with E-state index in [2.05, 4.69) is 23.5 Å². The summed E-state index contributed by atoms with van der Waals surface area (Å²) in [6.45, 7) is 4.05. The summed E-state index contributed by atoms with van der Waals surface area (Å²) in [5.74, 6) is 1.31. The van der Waals surface area contributed by atoms with Crippen LogP contribution in [0.1, 0.15) is 62.7 Å². The highest BCUT2D eigenvalue weighted by Crippen LogP contribution is 2.38. The molecule has 0 aromatic heterocycles. The minimum atomic E-state index is -0.569. The van der Waals surface area contributed by atoms with Crippen LogP contribution in [-0.2, 0) is 0 Å². The molecule has 1 heterocycles. The summed E-state index contributed by atoms with van der Waals surface area (Å²) in [6, 6.07) is 8.62. The first-order valence-electron chi connectivity index (χ1n) is 12.2. The lowest BCUT2D eigenvalue weighted by atomic mass is 9.87. The van der Waals surface area contributed by atoms with Gasteiger partial charge < -0.3 is 15.8 Å². The SMILES string of the molecule is CC(Oc1cc(C2=C/C(CC3CCNC3)CCCC/C=C\2)ccc1N)c1c(Cl)ccc(F)c1Cl. The number of ether oxygens (including phenoxy) is 1. The molecule has 1 fully saturated rings. The number of benzene rings is 2. The van der Waals surface area contributed by atoms with Crippen LogP contribution in [0.15, 0.2) is 48.6 Å². The quantitative estimate of drug-likeness (QED) is 0.310. The molecule has 3 atom stereocenters. The molecule has 0 bridgehead atoms. The van der Waals surface area contributed by atoms with E-state index >= 15 is 0 Å². The second kappa shape index (κ2) is 11.6. The number of nitrogens with one attached hydrogen (secondary N) is 1. The summed E-state index contributed by atoms with van der Waals surface area (Å²) in [6.07, 6.45) is 13.6. The third-order valence-electron chi connectivity index (χ3n) is 6.84. The van der Waals surface area contributed by atoms with E-state index in [0.717, 1.165) is 31.0 Å². The van der Waals surface area contributed by atoms with Gasteiger partial charge in [-0.2, -0.15) is 0 Å². The van der Waals surface area contributed by atoms with Crippen LogP contribution in [-0.4, -0.2) is 13.1 Å². The number of hydrogen-bond donors (Lipinski definition) is 2. The number of hydrogen-bond acceptors (Lipinski definition) is 3. The molecule has 0 radical (unpaired) electrons. The average Bonchev–Trinajstić information content (AvgIpc) is 3.35. The van der Waals surface area contributed by atoms with Crippen molar-refractivity contribution in [2.75, 3.05) is 18.8 Å². The van der Waals surface area contributed by atoms with Crippen LogP contribution in [0, 0.1) is 17.7 Å². The Morgan fingerprint density at radius 3 is 2.82 bits per heavy atom. The predicted octanol–water partition coefficient (Wildman–Crippen LogP) is 7.98. The lowest BCUT2D eigenvalue weighted by Crippen LogP contribution is -2.12. The number of nitrogens with two attached hydrogens (primary N) is 1. The van der Waals surface area contributed by atoms with E-state index in [4.69, 9.17) is 33.7 Å². The van der Waals surface area contributed by atoms with Crippen molar-refractivity contribution in [3.63, 3.8) is 0 Å². The topological polar surface area (TPSA) is 47.3 Å².